The van der Waals surface area contributed by atoms with Gasteiger partial charge in [-0.25, -0.2) is 0 Å². The number of benzene rings is 1. The van der Waals surface area contributed by atoms with Gasteiger partial charge in [0.1, 0.15) is 0 Å². The van der Waals surface area contributed by atoms with Crippen molar-refractivity contribution < 1.29 is 0 Å². The second kappa shape index (κ2) is 8.84. The highest BCUT2D eigenvalue weighted by molar-refractivity contribution is 5.85. The average Bonchev–Trinajstić information content (AvgIpc) is 3.12. The first kappa shape index (κ1) is 20.0. The third-order valence-electron chi connectivity index (χ3n) is 5.40. The zero-order valence-electron chi connectivity index (χ0n) is 15.6. The van der Waals surface area contributed by atoms with Crippen molar-refractivity contribution in [2.75, 3.05) is 19.6 Å². The van der Waals surface area contributed by atoms with Gasteiger partial charge in [-0.15, -0.1) is 12.4 Å². The van der Waals surface area contributed by atoms with E-state index in [9.17, 15) is 0 Å². The fraction of sp³-hybridized carbons (Fsp3) is 0.550. The van der Waals surface area contributed by atoms with Gasteiger partial charge in [0.2, 0.25) is 0 Å². The minimum absolute atomic E-state index is 0. The minimum Gasteiger partial charge on any atom is -0.330 e. The van der Waals surface area contributed by atoms with Crippen LogP contribution in [0.1, 0.15) is 41.8 Å². The molecule has 1 aliphatic heterocycles. The SMILES string of the molecule is CCCn1nc(C)c(CN2C[C@@H](CN)[C@H](c3ccccc3)C2)c1C.Cl. The van der Waals surface area contributed by atoms with Crippen molar-refractivity contribution in [1.29, 1.82) is 0 Å². The van der Waals surface area contributed by atoms with Crippen LogP contribution in [0.15, 0.2) is 30.3 Å². The van der Waals surface area contributed by atoms with Crippen molar-refractivity contribution in [2.45, 2.75) is 46.2 Å². The van der Waals surface area contributed by atoms with Crippen molar-refractivity contribution in [3.05, 3.63) is 52.8 Å². The van der Waals surface area contributed by atoms with Crippen LogP contribution >= 0.6 is 12.4 Å². The second-order valence-corrected chi connectivity index (χ2v) is 7.08. The first-order chi connectivity index (χ1) is 11.6. The molecule has 2 atom stereocenters. The van der Waals surface area contributed by atoms with E-state index in [-0.39, 0.29) is 12.4 Å². The van der Waals surface area contributed by atoms with Gasteiger partial charge >= 0.3 is 0 Å². The van der Waals surface area contributed by atoms with Crippen molar-refractivity contribution in [2.24, 2.45) is 11.7 Å². The number of aromatic nitrogens is 2. The maximum atomic E-state index is 6.08. The van der Waals surface area contributed by atoms with Crippen LogP contribution in [0.3, 0.4) is 0 Å². The smallest absolute Gasteiger partial charge is 0.0641 e. The van der Waals surface area contributed by atoms with Crippen LogP contribution in [0.2, 0.25) is 0 Å². The van der Waals surface area contributed by atoms with Crippen molar-refractivity contribution in [1.82, 2.24) is 14.7 Å². The molecule has 0 radical (unpaired) electrons. The quantitative estimate of drug-likeness (QED) is 0.855. The number of nitrogens with zero attached hydrogens (tertiary/aromatic N) is 3. The predicted molar refractivity (Wildman–Crippen MR) is 106 cm³/mol. The Labute approximate surface area is 157 Å². The van der Waals surface area contributed by atoms with E-state index in [0.29, 0.717) is 11.8 Å². The Morgan fingerprint density at radius 1 is 1.16 bits per heavy atom. The normalized spacial score (nSPS) is 20.6. The molecule has 0 aliphatic carbocycles. The Morgan fingerprint density at radius 3 is 2.52 bits per heavy atom. The number of rotatable bonds is 6. The molecule has 1 aromatic heterocycles. The monoisotopic (exact) mass is 362 g/mol. The standard InChI is InChI=1S/C20H30N4.ClH/c1-4-10-24-16(3)19(15(2)22-24)13-23-12-18(11-21)20(14-23)17-8-6-5-7-9-17;/h5-9,18,20H,4,10-14,21H2,1-3H3;1H/t18-,20+;/m1./s1. The third kappa shape index (κ3) is 4.25. The van der Waals surface area contributed by atoms with E-state index >= 15 is 0 Å². The molecule has 2 heterocycles. The number of likely N-dealkylation sites (tertiary alicyclic amines) is 1. The van der Waals surface area contributed by atoms with Gasteiger partial charge in [-0.05, 0) is 38.3 Å². The maximum absolute atomic E-state index is 6.08. The number of hydrogen-bond acceptors (Lipinski definition) is 3. The molecule has 25 heavy (non-hydrogen) atoms. The Balaban J connectivity index is 0.00000225. The zero-order chi connectivity index (χ0) is 17.1. The van der Waals surface area contributed by atoms with E-state index in [2.05, 4.69) is 60.7 Å². The molecule has 0 amide bonds. The summed E-state index contributed by atoms with van der Waals surface area (Å²) < 4.78 is 2.16. The number of nitrogens with two attached hydrogens (primary N) is 1. The summed E-state index contributed by atoms with van der Waals surface area (Å²) in [7, 11) is 0. The fourth-order valence-electron chi connectivity index (χ4n) is 4.02. The van der Waals surface area contributed by atoms with Gasteiger partial charge in [0.05, 0.1) is 5.69 Å². The van der Waals surface area contributed by atoms with Crippen LogP contribution in [0, 0.1) is 19.8 Å². The van der Waals surface area contributed by atoms with Crippen molar-refractivity contribution in [3.8, 4) is 0 Å². The summed E-state index contributed by atoms with van der Waals surface area (Å²) in [4.78, 5) is 2.56. The van der Waals surface area contributed by atoms with E-state index in [0.717, 1.165) is 39.1 Å². The first-order valence-electron chi connectivity index (χ1n) is 9.14. The molecule has 0 spiro atoms. The highest BCUT2D eigenvalue weighted by Gasteiger charge is 2.33. The molecule has 2 aromatic rings. The third-order valence-corrected chi connectivity index (χ3v) is 5.40. The fourth-order valence-corrected chi connectivity index (χ4v) is 4.02. The summed E-state index contributed by atoms with van der Waals surface area (Å²) in [5.74, 6) is 1.08. The molecular weight excluding hydrogens is 332 g/mol. The van der Waals surface area contributed by atoms with E-state index < -0.39 is 0 Å². The van der Waals surface area contributed by atoms with Crippen LogP contribution in [-0.2, 0) is 13.1 Å². The summed E-state index contributed by atoms with van der Waals surface area (Å²) in [5, 5.41) is 4.72. The average molecular weight is 363 g/mol. The summed E-state index contributed by atoms with van der Waals surface area (Å²) >= 11 is 0. The van der Waals surface area contributed by atoms with Gasteiger partial charge in [-0.1, -0.05) is 37.3 Å². The van der Waals surface area contributed by atoms with Crippen molar-refractivity contribution in [3.63, 3.8) is 0 Å². The van der Waals surface area contributed by atoms with E-state index in [4.69, 9.17) is 10.8 Å². The lowest BCUT2D eigenvalue weighted by Crippen LogP contribution is -2.23. The second-order valence-electron chi connectivity index (χ2n) is 7.08. The first-order valence-corrected chi connectivity index (χ1v) is 9.14. The molecule has 3 rings (SSSR count). The Kier molecular flexibility index (Phi) is 7.05. The lowest BCUT2D eigenvalue weighted by atomic mass is 9.89. The van der Waals surface area contributed by atoms with Gasteiger partial charge in [0.15, 0.2) is 0 Å². The largest absolute Gasteiger partial charge is 0.330 e. The molecule has 1 aliphatic rings. The molecule has 138 valence electrons. The van der Waals surface area contributed by atoms with Gasteiger partial charge in [0, 0.05) is 43.4 Å². The van der Waals surface area contributed by atoms with E-state index in [1.165, 1.54) is 22.5 Å². The maximum Gasteiger partial charge on any atom is 0.0641 e. The predicted octanol–water partition coefficient (Wildman–Crippen LogP) is 3.51. The number of aryl methyl sites for hydroxylation is 2. The topological polar surface area (TPSA) is 47.1 Å². The summed E-state index contributed by atoms with van der Waals surface area (Å²) in [6, 6.07) is 10.8. The molecular formula is C20H31ClN4. The Bertz CT molecular complexity index is 668. The highest BCUT2D eigenvalue weighted by atomic mass is 35.5. The Morgan fingerprint density at radius 2 is 1.88 bits per heavy atom. The molecule has 1 saturated heterocycles. The minimum atomic E-state index is 0. The van der Waals surface area contributed by atoms with Crippen LogP contribution in [0.5, 0.6) is 0 Å². The summed E-state index contributed by atoms with van der Waals surface area (Å²) in [6.45, 7) is 11.5. The van der Waals surface area contributed by atoms with E-state index in [1.807, 2.05) is 0 Å². The number of hydrogen-bond donors (Lipinski definition) is 1. The molecule has 0 saturated carbocycles. The molecule has 2 N–H and O–H groups in total. The molecule has 1 aromatic carbocycles. The van der Waals surface area contributed by atoms with Crippen molar-refractivity contribution >= 4 is 12.4 Å². The lowest BCUT2D eigenvalue weighted by molar-refractivity contribution is 0.315. The molecule has 0 unspecified atom stereocenters. The van der Waals surface area contributed by atoms with Crippen LogP contribution in [-0.4, -0.2) is 34.3 Å². The zero-order valence-corrected chi connectivity index (χ0v) is 16.4. The summed E-state index contributed by atoms with van der Waals surface area (Å²) in [5.41, 5.74) is 11.4. The lowest BCUT2D eigenvalue weighted by Gasteiger charge is -2.17. The van der Waals surface area contributed by atoms with Gasteiger partial charge in [0.25, 0.3) is 0 Å². The van der Waals surface area contributed by atoms with Gasteiger partial charge in [-0.2, -0.15) is 5.10 Å². The molecule has 0 bridgehead atoms. The molecule has 4 nitrogen and oxygen atoms in total. The Hall–Kier alpha value is -1.36. The van der Waals surface area contributed by atoms with Crippen LogP contribution in [0.4, 0.5) is 0 Å². The van der Waals surface area contributed by atoms with E-state index in [1.54, 1.807) is 0 Å². The molecule has 1 fully saturated rings. The van der Waals surface area contributed by atoms with Gasteiger partial charge in [-0.3, -0.25) is 9.58 Å². The highest BCUT2D eigenvalue weighted by Crippen LogP contribution is 2.33. The molecule has 5 heteroatoms. The summed E-state index contributed by atoms with van der Waals surface area (Å²) in [6.07, 6.45) is 1.12. The van der Waals surface area contributed by atoms with Crippen LogP contribution in [0.25, 0.3) is 0 Å². The number of halogens is 1. The van der Waals surface area contributed by atoms with Crippen LogP contribution < -0.4 is 5.73 Å². The van der Waals surface area contributed by atoms with Gasteiger partial charge < -0.3 is 5.73 Å².